The lowest BCUT2D eigenvalue weighted by Gasteiger charge is -2.08. The first kappa shape index (κ1) is 12.4. The van der Waals surface area contributed by atoms with Crippen molar-refractivity contribution in [2.75, 3.05) is 13.1 Å². The molecule has 1 atom stereocenters. The first-order valence-corrected chi connectivity index (χ1v) is 6.11. The number of nitrogens with one attached hydrogen (secondary N) is 1. The van der Waals surface area contributed by atoms with Crippen LogP contribution in [0, 0.1) is 0 Å². The zero-order chi connectivity index (χ0) is 10.0. The summed E-state index contributed by atoms with van der Waals surface area (Å²) < 4.78 is 23.9. The molecule has 1 aliphatic rings. The van der Waals surface area contributed by atoms with Crippen LogP contribution in [0.2, 0.25) is 0 Å². The van der Waals surface area contributed by atoms with Crippen molar-refractivity contribution >= 4 is 22.2 Å². The van der Waals surface area contributed by atoms with Crippen LogP contribution >= 0.6 is 12.4 Å². The molecular weight excluding hydrogens is 236 g/mol. The molecular formula is C9H13ClN2O2S. The predicted octanol–water partition coefficient (Wildman–Crippen LogP) is 0.639. The van der Waals surface area contributed by atoms with Gasteiger partial charge in [0.15, 0.2) is 14.9 Å². The highest BCUT2D eigenvalue weighted by molar-refractivity contribution is 7.92. The normalized spacial score (nSPS) is 20.9. The molecule has 0 bridgehead atoms. The van der Waals surface area contributed by atoms with Crippen LogP contribution in [-0.4, -0.2) is 31.7 Å². The summed E-state index contributed by atoms with van der Waals surface area (Å²) >= 11 is 0. The Hall–Kier alpha value is -0.650. The molecule has 1 N–H and O–H groups in total. The van der Waals surface area contributed by atoms with Gasteiger partial charge in [-0.05, 0) is 25.1 Å². The Morgan fingerprint density at radius 2 is 2.20 bits per heavy atom. The van der Waals surface area contributed by atoms with Gasteiger partial charge in [-0.1, -0.05) is 6.07 Å². The van der Waals surface area contributed by atoms with Crippen molar-refractivity contribution in [2.24, 2.45) is 0 Å². The predicted molar refractivity (Wildman–Crippen MR) is 59.9 cm³/mol. The minimum Gasteiger partial charge on any atom is -0.315 e. The van der Waals surface area contributed by atoms with E-state index in [4.69, 9.17) is 0 Å². The van der Waals surface area contributed by atoms with Gasteiger partial charge in [-0.3, -0.25) is 0 Å². The summed E-state index contributed by atoms with van der Waals surface area (Å²) in [5, 5.41) is 2.92. The Kier molecular flexibility index (Phi) is 4.07. The number of aromatic nitrogens is 1. The van der Waals surface area contributed by atoms with E-state index >= 15 is 0 Å². The third-order valence-corrected chi connectivity index (χ3v) is 4.49. The van der Waals surface area contributed by atoms with Crippen LogP contribution in [-0.2, 0) is 9.84 Å². The van der Waals surface area contributed by atoms with Crippen LogP contribution in [0.25, 0.3) is 0 Å². The van der Waals surface area contributed by atoms with Crippen LogP contribution in [0.5, 0.6) is 0 Å². The summed E-state index contributed by atoms with van der Waals surface area (Å²) in [7, 11) is -3.21. The molecule has 2 rings (SSSR count). The van der Waals surface area contributed by atoms with Crippen molar-refractivity contribution in [3.63, 3.8) is 0 Å². The van der Waals surface area contributed by atoms with Crippen molar-refractivity contribution < 1.29 is 8.42 Å². The minimum atomic E-state index is -3.21. The average molecular weight is 249 g/mol. The van der Waals surface area contributed by atoms with E-state index in [2.05, 4.69) is 10.3 Å². The van der Waals surface area contributed by atoms with Crippen molar-refractivity contribution in [1.29, 1.82) is 0 Å². The maximum atomic E-state index is 11.9. The van der Waals surface area contributed by atoms with Gasteiger partial charge >= 0.3 is 0 Å². The van der Waals surface area contributed by atoms with E-state index in [1.165, 1.54) is 6.20 Å². The van der Waals surface area contributed by atoms with Crippen molar-refractivity contribution in [3.8, 4) is 0 Å². The summed E-state index contributed by atoms with van der Waals surface area (Å²) in [5.74, 6) is 0. The Morgan fingerprint density at radius 1 is 1.40 bits per heavy atom. The number of halogens is 1. The molecule has 0 saturated carbocycles. The third-order valence-electron chi connectivity index (χ3n) is 2.38. The zero-order valence-corrected chi connectivity index (χ0v) is 9.72. The highest BCUT2D eigenvalue weighted by Gasteiger charge is 2.30. The molecule has 0 amide bonds. The summed E-state index contributed by atoms with van der Waals surface area (Å²) in [6, 6.07) is 4.96. The average Bonchev–Trinajstić information content (AvgIpc) is 2.72. The topological polar surface area (TPSA) is 59.1 Å². The fourth-order valence-electron chi connectivity index (χ4n) is 1.58. The van der Waals surface area contributed by atoms with Gasteiger partial charge in [0.05, 0.1) is 5.25 Å². The van der Waals surface area contributed by atoms with E-state index in [1.807, 2.05) is 0 Å². The SMILES string of the molecule is Cl.O=S(=O)(c1ccccn1)[C@@H]1CCNC1. The lowest BCUT2D eigenvalue weighted by Crippen LogP contribution is -2.24. The third kappa shape index (κ3) is 2.48. The first-order valence-electron chi connectivity index (χ1n) is 4.57. The molecule has 1 saturated heterocycles. The summed E-state index contributed by atoms with van der Waals surface area (Å²) in [5.41, 5.74) is 0. The van der Waals surface area contributed by atoms with Crippen molar-refractivity contribution in [2.45, 2.75) is 16.7 Å². The molecule has 0 radical (unpaired) electrons. The molecule has 4 nitrogen and oxygen atoms in total. The van der Waals surface area contributed by atoms with E-state index < -0.39 is 9.84 Å². The maximum absolute atomic E-state index is 11.9. The minimum absolute atomic E-state index is 0. The fourth-order valence-corrected chi connectivity index (χ4v) is 3.16. The van der Waals surface area contributed by atoms with Gasteiger partial charge < -0.3 is 5.32 Å². The molecule has 1 aromatic rings. The molecule has 6 heteroatoms. The van der Waals surface area contributed by atoms with Gasteiger partial charge in [-0.25, -0.2) is 13.4 Å². The Balaban J connectivity index is 0.00000112. The van der Waals surface area contributed by atoms with E-state index in [0.29, 0.717) is 13.0 Å². The Labute approximate surface area is 95.4 Å². The Morgan fingerprint density at radius 3 is 2.73 bits per heavy atom. The van der Waals surface area contributed by atoms with Gasteiger partial charge in [0.25, 0.3) is 0 Å². The van der Waals surface area contributed by atoms with Gasteiger partial charge in [0, 0.05) is 12.7 Å². The number of rotatable bonds is 2. The van der Waals surface area contributed by atoms with Crippen LogP contribution in [0.4, 0.5) is 0 Å². The molecule has 0 aliphatic carbocycles. The molecule has 84 valence electrons. The van der Waals surface area contributed by atoms with E-state index in [0.717, 1.165) is 6.54 Å². The van der Waals surface area contributed by atoms with Crippen LogP contribution in [0.15, 0.2) is 29.4 Å². The molecule has 1 fully saturated rings. The van der Waals surface area contributed by atoms with Crippen LogP contribution in [0.1, 0.15) is 6.42 Å². The quantitative estimate of drug-likeness (QED) is 0.835. The molecule has 2 heterocycles. The standard InChI is InChI=1S/C9H12N2O2S.ClH/c12-14(13,8-4-6-10-7-8)9-3-1-2-5-11-9;/h1-3,5,8,10H,4,6-7H2;1H/t8-;/m1./s1. The second-order valence-corrected chi connectivity index (χ2v) is 5.50. The number of sulfone groups is 1. The number of hydrogen-bond donors (Lipinski definition) is 1. The Bertz CT molecular complexity index is 401. The molecule has 1 aromatic heterocycles. The smallest absolute Gasteiger partial charge is 0.199 e. The highest BCUT2D eigenvalue weighted by Crippen LogP contribution is 2.17. The van der Waals surface area contributed by atoms with Crippen LogP contribution in [0.3, 0.4) is 0 Å². The van der Waals surface area contributed by atoms with Crippen molar-refractivity contribution in [3.05, 3.63) is 24.4 Å². The second-order valence-electron chi connectivity index (χ2n) is 3.33. The first-order chi connectivity index (χ1) is 6.71. The lowest BCUT2D eigenvalue weighted by atomic mass is 10.4. The van der Waals surface area contributed by atoms with Gasteiger partial charge in [0.2, 0.25) is 0 Å². The molecule has 15 heavy (non-hydrogen) atoms. The monoisotopic (exact) mass is 248 g/mol. The number of pyridine rings is 1. The molecule has 0 unspecified atom stereocenters. The number of hydrogen-bond acceptors (Lipinski definition) is 4. The highest BCUT2D eigenvalue weighted by atomic mass is 35.5. The number of nitrogens with zero attached hydrogens (tertiary/aromatic N) is 1. The largest absolute Gasteiger partial charge is 0.315 e. The van der Waals surface area contributed by atoms with E-state index in [-0.39, 0.29) is 22.7 Å². The molecule has 0 aromatic carbocycles. The summed E-state index contributed by atoms with van der Waals surface area (Å²) in [6.45, 7) is 1.32. The van der Waals surface area contributed by atoms with Crippen LogP contribution < -0.4 is 5.32 Å². The summed E-state index contributed by atoms with van der Waals surface area (Å²) in [4.78, 5) is 3.88. The maximum Gasteiger partial charge on any atom is 0.199 e. The molecule has 1 aliphatic heterocycles. The van der Waals surface area contributed by atoms with E-state index in [9.17, 15) is 8.42 Å². The van der Waals surface area contributed by atoms with E-state index in [1.54, 1.807) is 18.2 Å². The second kappa shape index (κ2) is 4.92. The van der Waals surface area contributed by atoms with Gasteiger partial charge in [-0.2, -0.15) is 0 Å². The summed E-state index contributed by atoms with van der Waals surface area (Å²) in [6.07, 6.45) is 2.19. The van der Waals surface area contributed by atoms with Crippen molar-refractivity contribution in [1.82, 2.24) is 10.3 Å². The molecule has 0 spiro atoms. The lowest BCUT2D eigenvalue weighted by molar-refractivity contribution is 0.579. The zero-order valence-electron chi connectivity index (χ0n) is 8.09. The van der Waals surface area contributed by atoms with Gasteiger partial charge in [-0.15, -0.1) is 12.4 Å². The van der Waals surface area contributed by atoms with Gasteiger partial charge in [0.1, 0.15) is 0 Å². The fraction of sp³-hybridized carbons (Fsp3) is 0.444.